The maximum Gasteiger partial charge on any atom is 0.337 e. The predicted octanol–water partition coefficient (Wildman–Crippen LogP) is 2.81. The van der Waals surface area contributed by atoms with Crippen LogP contribution in [0.15, 0.2) is 41.3 Å². The average molecular weight is 460 g/mol. The largest absolute Gasteiger partial charge is 0.465 e. The SMILES string of the molecule is CCN(CC)S(=O)(=O)c1ccc2c(c1)CCN2CC(=O)Nc1cc(C(=O)OC)ccc1C. The summed E-state index contributed by atoms with van der Waals surface area (Å²) in [6.07, 6.45) is 0.668. The number of sulfonamides is 1. The Morgan fingerprint density at radius 2 is 1.84 bits per heavy atom. The van der Waals surface area contributed by atoms with Crippen LogP contribution in [-0.2, 0) is 26.0 Å². The monoisotopic (exact) mass is 459 g/mol. The third-order valence-electron chi connectivity index (χ3n) is 5.65. The van der Waals surface area contributed by atoms with Gasteiger partial charge in [-0.15, -0.1) is 0 Å². The van der Waals surface area contributed by atoms with E-state index < -0.39 is 16.0 Å². The Morgan fingerprint density at radius 3 is 2.50 bits per heavy atom. The van der Waals surface area contributed by atoms with E-state index in [1.807, 2.05) is 25.7 Å². The standard InChI is InChI=1S/C23H29N3O5S/c1-5-26(6-2)32(29,30)19-9-10-21-17(13-19)11-12-25(21)15-22(27)24-20-14-18(23(28)31-4)8-7-16(20)3/h7-10,13-14H,5-6,11-12,15H2,1-4H3,(H,24,27). The second-order valence-electron chi connectivity index (χ2n) is 7.62. The Kier molecular flexibility index (Phi) is 7.20. The van der Waals surface area contributed by atoms with Crippen LogP contribution >= 0.6 is 0 Å². The second-order valence-corrected chi connectivity index (χ2v) is 9.56. The zero-order valence-corrected chi connectivity index (χ0v) is 19.7. The number of nitrogens with zero attached hydrogens (tertiary/aromatic N) is 2. The molecule has 32 heavy (non-hydrogen) atoms. The molecule has 172 valence electrons. The first-order valence-electron chi connectivity index (χ1n) is 10.6. The number of anilines is 2. The highest BCUT2D eigenvalue weighted by Gasteiger charge is 2.26. The number of amides is 1. The lowest BCUT2D eigenvalue weighted by atomic mass is 10.1. The van der Waals surface area contributed by atoms with Gasteiger partial charge in [0.1, 0.15) is 0 Å². The van der Waals surface area contributed by atoms with Gasteiger partial charge in [0.2, 0.25) is 15.9 Å². The minimum Gasteiger partial charge on any atom is -0.465 e. The van der Waals surface area contributed by atoms with E-state index in [4.69, 9.17) is 4.74 Å². The third kappa shape index (κ3) is 4.78. The van der Waals surface area contributed by atoms with E-state index in [2.05, 4.69) is 5.32 Å². The van der Waals surface area contributed by atoms with Crippen molar-refractivity contribution in [3.05, 3.63) is 53.1 Å². The van der Waals surface area contributed by atoms with Crippen LogP contribution in [0.5, 0.6) is 0 Å². The van der Waals surface area contributed by atoms with Crippen molar-refractivity contribution in [2.45, 2.75) is 32.1 Å². The van der Waals surface area contributed by atoms with Gasteiger partial charge in [0.25, 0.3) is 0 Å². The average Bonchev–Trinajstić information content (AvgIpc) is 3.17. The van der Waals surface area contributed by atoms with Crippen molar-refractivity contribution in [3.63, 3.8) is 0 Å². The van der Waals surface area contributed by atoms with Crippen molar-refractivity contribution in [3.8, 4) is 0 Å². The molecule has 8 nitrogen and oxygen atoms in total. The molecule has 0 radical (unpaired) electrons. The zero-order chi connectivity index (χ0) is 23.5. The topological polar surface area (TPSA) is 96.0 Å². The fraction of sp³-hybridized carbons (Fsp3) is 0.391. The van der Waals surface area contributed by atoms with Crippen LogP contribution in [-0.4, -0.2) is 57.9 Å². The van der Waals surface area contributed by atoms with Crippen molar-refractivity contribution in [1.82, 2.24) is 4.31 Å². The Balaban J connectivity index is 1.74. The normalized spacial score (nSPS) is 13.2. The van der Waals surface area contributed by atoms with Crippen LogP contribution in [0.4, 0.5) is 11.4 Å². The zero-order valence-electron chi connectivity index (χ0n) is 18.8. The number of rotatable bonds is 8. The number of hydrogen-bond acceptors (Lipinski definition) is 6. The molecule has 1 aliphatic heterocycles. The van der Waals surface area contributed by atoms with Crippen molar-refractivity contribution in [1.29, 1.82) is 0 Å². The minimum atomic E-state index is -3.52. The number of benzene rings is 2. The maximum absolute atomic E-state index is 12.8. The third-order valence-corrected chi connectivity index (χ3v) is 7.70. The van der Waals surface area contributed by atoms with E-state index in [9.17, 15) is 18.0 Å². The van der Waals surface area contributed by atoms with Gasteiger partial charge < -0.3 is 15.0 Å². The Labute approximate surface area is 189 Å². The number of fused-ring (bicyclic) bond motifs is 1. The van der Waals surface area contributed by atoms with Gasteiger partial charge in [-0.25, -0.2) is 13.2 Å². The fourth-order valence-corrected chi connectivity index (χ4v) is 5.36. The predicted molar refractivity (Wildman–Crippen MR) is 124 cm³/mol. The molecule has 2 aromatic carbocycles. The number of carbonyl (C=O) groups is 2. The number of ether oxygens (including phenoxy) is 1. The lowest BCUT2D eigenvalue weighted by molar-refractivity contribution is -0.115. The molecule has 1 amide bonds. The number of nitrogens with one attached hydrogen (secondary N) is 1. The Bertz CT molecular complexity index is 1130. The molecule has 9 heteroatoms. The fourth-order valence-electron chi connectivity index (χ4n) is 3.85. The Morgan fingerprint density at radius 1 is 1.12 bits per heavy atom. The number of hydrogen-bond donors (Lipinski definition) is 1. The van der Waals surface area contributed by atoms with Gasteiger partial charge in [-0.05, 0) is 54.8 Å². The molecule has 0 unspecified atom stereocenters. The van der Waals surface area contributed by atoms with E-state index in [0.29, 0.717) is 37.3 Å². The summed E-state index contributed by atoms with van der Waals surface area (Å²) in [5.74, 6) is -0.688. The van der Waals surface area contributed by atoms with Crippen LogP contribution in [0.25, 0.3) is 0 Å². The first-order valence-corrected chi connectivity index (χ1v) is 12.0. The minimum absolute atomic E-state index is 0.122. The van der Waals surface area contributed by atoms with E-state index in [1.54, 1.807) is 36.4 Å². The lowest BCUT2D eigenvalue weighted by Gasteiger charge is -2.21. The summed E-state index contributed by atoms with van der Waals surface area (Å²) in [7, 11) is -2.21. The molecule has 0 bridgehead atoms. The first-order chi connectivity index (χ1) is 15.2. The molecule has 0 saturated heterocycles. The number of methoxy groups -OCH3 is 1. The summed E-state index contributed by atoms with van der Waals surface area (Å²) in [5.41, 5.74) is 3.52. The molecule has 1 heterocycles. The molecule has 1 N–H and O–H groups in total. The molecule has 2 aromatic rings. The van der Waals surface area contributed by atoms with Crippen LogP contribution in [0, 0.1) is 6.92 Å². The van der Waals surface area contributed by atoms with Gasteiger partial charge >= 0.3 is 5.97 Å². The molecule has 3 rings (SSSR count). The quantitative estimate of drug-likeness (QED) is 0.610. The molecule has 0 aromatic heterocycles. The molecule has 0 fully saturated rings. The summed E-state index contributed by atoms with van der Waals surface area (Å²) >= 11 is 0. The van der Waals surface area contributed by atoms with E-state index in [-0.39, 0.29) is 17.3 Å². The molecule has 0 spiro atoms. The molecular formula is C23H29N3O5S. The van der Waals surface area contributed by atoms with Crippen molar-refractivity contribution in [2.24, 2.45) is 0 Å². The van der Waals surface area contributed by atoms with E-state index >= 15 is 0 Å². The van der Waals surface area contributed by atoms with Crippen molar-refractivity contribution in [2.75, 3.05) is 43.5 Å². The van der Waals surface area contributed by atoms with Gasteiger partial charge in [0.05, 0.1) is 24.1 Å². The summed E-state index contributed by atoms with van der Waals surface area (Å²) in [6.45, 7) is 7.06. The summed E-state index contributed by atoms with van der Waals surface area (Å²) in [4.78, 5) is 26.7. The summed E-state index contributed by atoms with van der Waals surface area (Å²) < 4.78 is 31.8. The Hall–Kier alpha value is -2.91. The first kappa shape index (κ1) is 23.7. The highest BCUT2D eigenvalue weighted by molar-refractivity contribution is 7.89. The van der Waals surface area contributed by atoms with E-state index in [0.717, 1.165) is 16.8 Å². The van der Waals surface area contributed by atoms with Crippen LogP contribution < -0.4 is 10.2 Å². The van der Waals surface area contributed by atoms with Gasteiger partial charge in [-0.1, -0.05) is 19.9 Å². The smallest absolute Gasteiger partial charge is 0.337 e. The van der Waals surface area contributed by atoms with Crippen LogP contribution in [0.3, 0.4) is 0 Å². The van der Waals surface area contributed by atoms with Crippen molar-refractivity contribution >= 4 is 33.3 Å². The number of esters is 1. The molecule has 0 atom stereocenters. The van der Waals surface area contributed by atoms with Gasteiger partial charge in [0, 0.05) is 31.0 Å². The molecule has 0 saturated carbocycles. The molecular weight excluding hydrogens is 430 g/mol. The van der Waals surface area contributed by atoms with Gasteiger partial charge in [0.15, 0.2) is 0 Å². The highest BCUT2D eigenvalue weighted by Crippen LogP contribution is 2.31. The van der Waals surface area contributed by atoms with Crippen LogP contribution in [0.1, 0.15) is 35.3 Å². The molecule has 0 aliphatic carbocycles. The maximum atomic E-state index is 12.8. The lowest BCUT2D eigenvalue weighted by Crippen LogP contribution is -2.32. The number of carbonyl (C=O) groups excluding carboxylic acids is 2. The summed E-state index contributed by atoms with van der Waals surface area (Å²) in [6, 6.07) is 10.1. The second kappa shape index (κ2) is 9.70. The van der Waals surface area contributed by atoms with Crippen LogP contribution in [0.2, 0.25) is 0 Å². The number of aryl methyl sites for hydroxylation is 1. The molecule has 1 aliphatic rings. The van der Waals surface area contributed by atoms with Gasteiger partial charge in [-0.3, -0.25) is 4.79 Å². The van der Waals surface area contributed by atoms with Gasteiger partial charge in [-0.2, -0.15) is 4.31 Å². The van der Waals surface area contributed by atoms with E-state index in [1.165, 1.54) is 11.4 Å². The van der Waals surface area contributed by atoms with Crippen molar-refractivity contribution < 1.29 is 22.7 Å². The summed E-state index contributed by atoms with van der Waals surface area (Å²) in [5, 5.41) is 2.86. The highest BCUT2D eigenvalue weighted by atomic mass is 32.2.